The molecule has 0 fully saturated rings. The Morgan fingerprint density at radius 1 is 1.16 bits per heavy atom. The number of carbonyl (C=O) groups is 2. The van der Waals surface area contributed by atoms with E-state index in [0.29, 0.717) is 17.7 Å². The number of rotatable bonds is 7. The fourth-order valence-electron chi connectivity index (χ4n) is 3.13. The second-order valence-electron chi connectivity index (χ2n) is 7.93. The van der Waals surface area contributed by atoms with Crippen LogP contribution < -0.4 is 10.2 Å². The molecule has 0 aliphatic carbocycles. The highest BCUT2D eigenvalue weighted by Gasteiger charge is 2.36. The first-order valence-electron chi connectivity index (χ1n) is 9.97. The van der Waals surface area contributed by atoms with Gasteiger partial charge in [0.1, 0.15) is 11.9 Å². The largest absolute Gasteiger partial charge is 0.349 e. The van der Waals surface area contributed by atoms with Gasteiger partial charge in [-0.3, -0.25) is 14.5 Å². The molecule has 3 aromatic rings. The van der Waals surface area contributed by atoms with Crippen molar-refractivity contribution in [3.05, 3.63) is 76.5 Å². The van der Waals surface area contributed by atoms with Gasteiger partial charge < -0.3 is 5.32 Å². The molecule has 0 radical (unpaired) electrons. The number of aryl methyl sites for hydroxylation is 1. The molecule has 2 aromatic carbocycles. The third-order valence-electron chi connectivity index (χ3n) is 5.21. The summed E-state index contributed by atoms with van der Waals surface area (Å²) < 4.78 is 17.4. The summed E-state index contributed by atoms with van der Waals surface area (Å²) in [6, 6.07) is 11.9. The molecule has 0 spiro atoms. The molecular formula is C23H25FN4O2S. The smallest absolute Gasteiger partial charge is 0.280 e. The maximum absolute atomic E-state index is 13.6. The fourth-order valence-corrected chi connectivity index (χ4v) is 3.56. The molecule has 0 saturated heterocycles. The second kappa shape index (κ2) is 9.34. The van der Waals surface area contributed by atoms with Crippen molar-refractivity contribution in [3.8, 4) is 0 Å². The van der Waals surface area contributed by atoms with Crippen molar-refractivity contribution in [3.63, 3.8) is 0 Å². The van der Waals surface area contributed by atoms with Crippen LogP contribution in [0.4, 0.5) is 10.1 Å². The highest BCUT2D eigenvalue weighted by Crippen LogP contribution is 2.32. The number of nitrogens with one attached hydrogen (secondary N) is 1. The summed E-state index contributed by atoms with van der Waals surface area (Å²) in [7, 11) is 0. The van der Waals surface area contributed by atoms with Crippen LogP contribution in [-0.4, -0.2) is 26.9 Å². The maximum atomic E-state index is 13.6. The quantitative estimate of drug-likeness (QED) is 0.579. The number of hydrogen-bond acceptors (Lipinski definition) is 5. The number of anilines is 1. The molecule has 0 bridgehead atoms. The van der Waals surface area contributed by atoms with Crippen LogP contribution in [0.5, 0.6) is 0 Å². The third kappa shape index (κ3) is 5.14. The average Bonchev–Trinajstić information content (AvgIpc) is 3.28. The zero-order valence-electron chi connectivity index (χ0n) is 17.9. The summed E-state index contributed by atoms with van der Waals surface area (Å²) in [5.74, 6) is -1.24. The van der Waals surface area contributed by atoms with E-state index >= 15 is 0 Å². The van der Waals surface area contributed by atoms with Gasteiger partial charge in [0.2, 0.25) is 5.91 Å². The SMILES string of the molecule is CCC(C)(C)NC(=O)[C@@H](c1ccc(F)cc1)N(C(=O)c1csnn1)c1ccccc1C. The molecule has 0 aliphatic rings. The lowest BCUT2D eigenvalue weighted by atomic mass is 9.97. The lowest BCUT2D eigenvalue weighted by Gasteiger charge is -2.35. The van der Waals surface area contributed by atoms with Gasteiger partial charge in [-0.25, -0.2) is 4.39 Å². The van der Waals surface area contributed by atoms with Crippen LogP contribution in [0, 0.1) is 12.7 Å². The molecule has 162 valence electrons. The summed E-state index contributed by atoms with van der Waals surface area (Å²) in [5, 5.41) is 8.49. The second-order valence-corrected chi connectivity index (χ2v) is 8.54. The van der Waals surface area contributed by atoms with E-state index in [0.717, 1.165) is 17.1 Å². The molecule has 1 N–H and O–H groups in total. The van der Waals surface area contributed by atoms with E-state index in [1.165, 1.54) is 29.2 Å². The van der Waals surface area contributed by atoms with E-state index in [1.807, 2.05) is 39.8 Å². The summed E-state index contributed by atoms with van der Waals surface area (Å²) in [6.07, 6.45) is 0.698. The van der Waals surface area contributed by atoms with Crippen molar-refractivity contribution < 1.29 is 14.0 Å². The minimum absolute atomic E-state index is 0.142. The number of carbonyl (C=O) groups excluding carboxylic acids is 2. The standard InChI is InChI=1S/C23H25FN4O2S/c1-5-23(3,4)25-21(29)20(16-10-12-17(24)13-11-16)28(19-9-7-6-8-15(19)2)22(30)18-14-31-27-26-18/h6-14,20H,5H2,1-4H3,(H,25,29)/t20-/m1/s1. The highest BCUT2D eigenvalue weighted by atomic mass is 32.1. The van der Waals surface area contributed by atoms with Gasteiger partial charge >= 0.3 is 0 Å². The van der Waals surface area contributed by atoms with E-state index in [-0.39, 0.29) is 11.6 Å². The van der Waals surface area contributed by atoms with E-state index < -0.39 is 23.3 Å². The van der Waals surface area contributed by atoms with Crippen LogP contribution >= 0.6 is 11.5 Å². The molecule has 0 saturated carbocycles. The van der Waals surface area contributed by atoms with E-state index in [1.54, 1.807) is 17.5 Å². The van der Waals surface area contributed by atoms with Gasteiger partial charge in [-0.15, -0.1) is 5.10 Å². The lowest BCUT2D eigenvalue weighted by Crippen LogP contribution is -2.50. The summed E-state index contributed by atoms with van der Waals surface area (Å²) in [4.78, 5) is 28.5. The number of amides is 2. The molecule has 0 aliphatic heterocycles. The van der Waals surface area contributed by atoms with Gasteiger partial charge in [0.25, 0.3) is 5.91 Å². The lowest BCUT2D eigenvalue weighted by molar-refractivity contribution is -0.124. The van der Waals surface area contributed by atoms with Crippen molar-refractivity contribution >= 4 is 29.0 Å². The molecule has 2 amide bonds. The number of aromatic nitrogens is 2. The Morgan fingerprint density at radius 3 is 2.42 bits per heavy atom. The van der Waals surface area contributed by atoms with Crippen molar-refractivity contribution in [2.45, 2.75) is 45.7 Å². The molecule has 0 unspecified atom stereocenters. The van der Waals surface area contributed by atoms with Crippen LogP contribution in [0.15, 0.2) is 53.9 Å². The van der Waals surface area contributed by atoms with Crippen LogP contribution in [0.2, 0.25) is 0 Å². The monoisotopic (exact) mass is 440 g/mol. The molecule has 1 atom stereocenters. The van der Waals surface area contributed by atoms with E-state index in [2.05, 4.69) is 14.9 Å². The van der Waals surface area contributed by atoms with Crippen LogP contribution in [0.3, 0.4) is 0 Å². The van der Waals surface area contributed by atoms with Gasteiger partial charge in [0.05, 0.1) is 0 Å². The maximum Gasteiger partial charge on any atom is 0.280 e. The highest BCUT2D eigenvalue weighted by molar-refractivity contribution is 7.03. The van der Waals surface area contributed by atoms with Crippen molar-refractivity contribution in [2.24, 2.45) is 0 Å². The van der Waals surface area contributed by atoms with Gasteiger partial charge in [-0.2, -0.15) is 0 Å². The van der Waals surface area contributed by atoms with Gasteiger partial charge in [-0.05, 0) is 68.1 Å². The first-order valence-corrected chi connectivity index (χ1v) is 10.8. The Labute approximate surface area is 185 Å². The average molecular weight is 441 g/mol. The number of nitrogens with zero attached hydrogens (tertiary/aromatic N) is 3. The first-order chi connectivity index (χ1) is 14.7. The topological polar surface area (TPSA) is 75.2 Å². The Hall–Kier alpha value is -3.13. The van der Waals surface area contributed by atoms with Gasteiger partial charge in [0, 0.05) is 16.6 Å². The van der Waals surface area contributed by atoms with Gasteiger partial charge in [-0.1, -0.05) is 41.7 Å². The molecular weight excluding hydrogens is 415 g/mol. The summed E-state index contributed by atoms with van der Waals surface area (Å²) in [5.41, 5.74) is 1.53. The number of para-hydroxylation sites is 1. The number of halogens is 1. The van der Waals surface area contributed by atoms with Crippen LogP contribution in [0.1, 0.15) is 54.8 Å². The molecule has 6 nitrogen and oxygen atoms in total. The number of benzene rings is 2. The predicted octanol–water partition coefficient (Wildman–Crippen LogP) is 4.68. The van der Waals surface area contributed by atoms with Crippen molar-refractivity contribution in [1.82, 2.24) is 14.9 Å². The Balaban J connectivity index is 2.19. The van der Waals surface area contributed by atoms with Crippen LogP contribution in [-0.2, 0) is 4.79 Å². The molecule has 1 heterocycles. The predicted molar refractivity (Wildman–Crippen MR) is 120 cm³/mol. The first kappa shape index (κ1) is 22.6. The Kier molecular flexibility index (Phi) is 6.80. The van der Waals surface area contributed by atoms with Crippen molar-refractivity contribution in [1.29, 1.82) is 0 Å². The van der Waals surface area contributed by atoms with Gasteiger partial charge in [0.15, 0.2) is 5.69 Å². The summed E-state index contributed by atoms with van der Waals surface area (Å²) in [6.45, 7) is 7.66. The van der Waals surface area contributed by atoms with Crippen molar-refractivity contribution in [2.75, 3.05) is 4.90 Å². The minimum atomic E-state index is -1.03. The fraction of sp³-hybridized carbons (Fsp3) is 0.304. The van der Waals surface area contributed by atoms with Crippen LogP contribution in [0.25, 0.3) is 0 Å². The molecule has 8 heteroatoms. The summed E-state index contributed by atoms with van der Waals surface area (Å²) >= 11 is 1.06. The van der Waals surface area contributed by atoms with E-state index in [9.17, 15) is 14.0 Å². The molecule has 1 aromatic heterocycles. The minimum Gasteiger partial charge on any atom is -0.349 e. The zero-order valence-corrected chi connectivity index (χ0v) is 18.7. The Morgan fingerprint density at radius 2 is 1.84 bits per heavy atom. The molecule has 31 heavy (non-hydrogen) atoms. The molecule has 3 rings (SSSR count). The number of hydrogen-bond donors (Lipinski definition) is 1. The third-order valence-corrected chi connectivity index (χ3v) is 5.72. The normalized spacial score (nSPS) is 12.3. The zero-order chi connectivity index (χ0) is 22.6. The Bertz CT molecular complexity index is 1050. The van der Waals surface area contributed by atoms with E-state index in [4.69, 9.17) is 0 Å².